The predicted molar refractivity (Wildman–Crippen MR) is 133 cm³/mol. The van der Waals surface area contributed by atoms with E-state index >= 15 is 0 Å². The summed E-state index contributed by atoms with van der Waals surface area (Å²) in [6, 6.07) is 1.49. The predicted octanol–water partition coefficient (Wildman–Crippen LogP) is -0.407. The smallest absolute Gasteiger partial charge is 0.326 e. The summed E-state index contributed by atoms with van der Waals surface area (Å²) in [7, 11) is 0. The molecule has 1 aromatic carbocycles. The molecular formula is C23H36N4O7S. The summed E-state index contributed by atoms with van der Waals surface area (Å²) in [6.07, 6.45) is 2.33. The van der Waals surface area contributed by atoms with Crippen LogP contribution >= 0.6 is 11.8 Å². The molecule has 196 valence electrons. The number of phenolic OH excluding ortho intramolecular Hbond substituents is 1. The van der Waals surface area contributed by atoms with Crippen molar-refractivity contribution in [1.29, 1.82) is 0 Å². The zero-order valence-corrected chi connectivity index (χ0v) is 21.0. The average Bonchev–Trinajstić information content (AvgIpc) is 2.80. The SMILES string of the molecule is CSCCC(NC(=O)C(N)CO)C(=O)NC(CC(C)C)C(=O)NC(Cc1ccc(O)cc1)C(=O)O. The van der Waals surface area contributed by atoms with Gasteiger partial charge in [-0.1, -0.05) is 26.0 Å². The van der Waals surface area contributed by atoms with E-state index in [0.29, 0.717) is 11.3 Å². The van der Waals surface area contributed by atoms with Gasteiger partial charge in [0, 0.05) is 6.42 Å². The number of aliphatic hydroxyl groups is 1. The van der Waals surface area contributed by atoms with E-state index in [1.165, 1.54) is 23.9 Å². The van der Waals surface area contributed by atoms with Crippen molar-refractivity contribution in [2.45, 2.75) is 57.3 Å². The first-order valence-electron chi connectivity index (χ1n) is 11.3. The first kappa shape index (κ1) is 30.2. The third-order valence-corrected chi connectivity index (χ3v) is 5.75. The Balaban J connectivity index is 2.98. The van der Waals surface area contributed by atoms with E-state index in [1.54, 1.807) is 12.1 Å². The lowest BCUT2D eigenvalue weighted by Gasteiger charge is -2.26. The maximum absolute atomic E-state index is 13.0. The van der Waals surface area contributed by atoms with Crippen molar-refractivity contribution in [3.63, 3.8) is 0 Å². The van der Waals surface area contributed by atoms with Crippen LogP contribution in [0.5, 0.6) is 5.75 Å². The van der Waals surface area contributed by atoms with Gasteiger partial charge >= 0.3 is 5.97 Å². The van der Waals surface area contributed by atoms with Crippen molar-refractivity contribution in [1.82, 2.24) is 16.0 Å². The zero-order valence-electron chi connectivity index (χ0n) is 20.2. The Hall–Kier alpha value is -2.83. The van der Waals surface area contributed by atoms with Gasteiger partial charge in [-0.15, -0.1) is 0 Å². The van der Waals surface area contributed by atoms with Gasteiger partial charge in [-0.3, -0.25) is 14.4 Å². The van der Waals surface area contributed by atoms with Crippen LogP contribution in [0.15, 0.2) is 24.3 Å². The Morgan fingerprint density at radius 1 is 0.943 bits per heavy atom. The molecule has 0 radical (unpaired) electrons. The van der Waals surface area contributed by atoms with Crippen molar-refractivity contribution in [3.05, 3.63) is 29.8 Å². The average molecular weight is 513 g/mol. The Bertz CT molecular complexity index is 851. The zero-order chi connectivity index (χ0) is 26.5. The van der Waals surface area contributed by atoms with Crippen LogP contribution in [0.4, 0.5) is 0 Å². The summed E-state index contributed by atoms with van der Waals surface area (Å²) in [5.74, 6) is -2.64. The highest BCUT2D eigenvalue weighted by atomic mass is 32.2. The molecule has 4 atom stereocenters. The molecule has 35 heavy (non-hydrogen) atoms. The number of phenols is 1. The largest absolute Gasteiger partial charge is 0.508 e. The molecule has 12 heteroatoms. The molecule has 4 unspecified atom stereocenters. The minimum atomic E-state index is -1.26. The van der Waals surface area contributed by atoms with Crippen LogP contribution in [0.25, 0.3) is 0 Å². The second-order valence-electron chi connectivity index (χ2n) is 8.59. The lowest BCUT2D eigenvalue weighted by molar-refractivity contribution is -0.142. The highest BCUT2D eigenvalue weighted by Gasteiger charge is 2.30. The van der Waals surface area contributed by atoms with Gasteiger partial charge in [0.05, 0.1) is 6.61 Å². The third-order valence-electron chi connectivity index (χ3n) is 5.11. The fourth-order valence-corrected chi connectivity index (χ4v) is 3.65. The summed E-state index contributed by atoms with van der Waals surface area (Å²) in [5.41, 5.74) is 6.13. The number of nitrogens with two attached hydrogens (primary N) is 1. The van der Waals surface area contributed by atoms with Crippen LogP contribution in [0, 0.1) is 5.92 Å². The van der Waals surface area contributed by atoms with E-state index < -0.39 is 54.5 Å². The third kappa shape index (κ3) is 11.0. The summed E-state index contributed by atoms with van der Waals surface area (Å²) in [6.45, 7) is 3.12. The van der Waals surface area contributed by atoms with Gasteiger partial charge in [-0.25, -0.2) is 4.79 Å². The molecule has 1 aromatic rings. The molecule has 11 nitrogen and oxygen atoms in total. The maximum Gasteiger partial charge on any atom is 0.326 e. The number of aliphatic carboxylic acids is 1. The minimum absolute atomic E-state index is 0.00604. The molecule has 0 aliphatic carbocycles. The highest BCUT2D eigenvalue weighted by Crippen LogP contribution is 2.13. The van der Waals surface area contributed by atoms with Gasteiger partial charge < -0.3 is 37.0 Å². The normalized spacial score (nSPS) is 14.5. The fraction of sp³-hybridized carbons (Fsp3) is 0.565. The van der Waals surface area contributed by atoms with Crippen molar-refractivity contribution < 1.29 is 34.5 Å². The quantitative estimate of drug-likeness (QED) is 0.164. The van der Waals surface area contributed by atoms with Crippen molar-refractivity contribution in [2.75, 3.05) is 18.6 Å². The number of hydrogen-bond acceptors (Lipinski definition) is 8. The number of carboxylic acids is 1. The van der Waals surface area contributed by atoms with Gasteiger partial charge in [-0.05, 0) is 48.5 Å². The summed E-state index contributed by atoms with van der Waals surface area (Å²) >= 11 is 1.47. The lowest BCUT2D eigenvalue weighted by Crippen LogP contribution is -2.58. The molecule has 0 aromatic heterocycles. The van der Waals surface area contributed by atoms with Crippen LogP contribution in [-0.2, 0) is 25.6 Å². The van der Waals surface area contributed by atoms with Gasteiger partial charge in [0.1, 0.15) is 29.9 Å². The number of thioether (sulfide) groups is 1. The van der Waals surface area contributed by atoms with Gasteiger partial charge in [0.2, 0.25) is 17.7 Å². The summed E-state index contributed by atoms with van der Waals surface area (Å²) in [5, 5.41) is 35.7. The van der Waals surface area contributed by atoms with Crippen molar-refractivity contribution in [2.24, 2.45) is 11.7 Å². The first-order valence-corrected chi connectivity index (χ1v) is 12.6. The molecule has 8 N–H and O–H groups in total. The number of carboxylic acid groups (broad SMARTS) is 1. The maximum atomic E-state index is 13.0. The molecule has 0 saturated heterocycles. The van der Waals surface area contributed by atoms with E-state index in [-0.39, 0.29) is 30.9 Å². The highest BCUT2D eigenvalue weighted by molar-refractivity contribution is 7.98. The lowest BCUT2D eigenvalue weighted by atomic mass is 10.0. The molecule has 0 aliphatic heterocycles. The van der Waals surface area contributed by atoms with Crippen LogP contribution in [0.1, 0.15) is 32.3 Å². The molecule has 0 spiro atoms. The first-order chi connectivity index (χ1) is 16.5. The number of hydrogen-bond donors (Lipinski definition) is 7. The number of rotatable bonds is 15. The number of amides is 3. The molecular weight excluding hydrogens is 476 g/mol. The van der Waals surface area contributed by atoms with Crippen LogP contribution in [-0.4, -0.2) is 81.8 Å². The molecule has 0 aliphatic rings. The molecule has 0 bridgehead atoms. The number of benzene rings is 1. The molecule has 0 saturated carbocycles. The van der Waals surface area contributed by atoms with E-state index in [2.05, 4.69) is 16.0 Å². The topological polar surface area (TPSA) is 191 Å². The second-order valence-corrected chi connectivity index (χ2v) is 9.58. The van der Waals surface area contributed by atoms with Gasteiger partial charge in [-0.2, -0.15) is 11.8 Å². The Kier molecular flexibility index (Phi) is 13.1. The monoisotopic (exact) mass is 512 g/mol. The summed E-state index contributed by atoms with van der Waals surface area (Å²) in [4.78, 5) is 49.9. The Labute approximate surface area is 209 Å². The van der Waals surface area contributed by atoms with Crippen molar-refractivity contribution in [3.8, 4) is 5.75 Å². The second kappa shape index (κ2) is 15.2. The van der Waals surface area contributed by atoms with E-state index in [4.69, 9.17) is 10.8 Å². The van der Waals surface area contributed by atoms with E-state index in [1.807, 2.05) is 20.1 Å². The minimum Gasteiger partial charge on any atom is -0.508 e. The number of nitrogens with one attached hydrogen (secondary N) is 3. The standard InChI is InChI=1S/C23H36N4O7S/c1-13(2)10-18(26-21(31)17(8-9-35-3)25-20(30)16(24)12-28)22(32)27-19(23(33)34)11-14-4-6-15(29)7-5-14/h4-7,13,16-19,28-29H,8-12,24H2,1-3H3,(H,25,30)(H,26,31)(H,27,32)(H,33,34). The van der Waals surface area contributed by atoms with Gasteiger partial charge in [0.25, 0.3) is 0 Å². The molecule has 1 rings (SSSR count). The van der Waals surface area contributed by atoms with Gasteiger partial charge in [0.15, 0.2) is 0 Å². The number of aliphatic hydroxyl groups excluding tert-OH is 1. The fourth-order valence-electron chi connectivity index (χ4n) is 3.18. The summed E-state index contributed by atoms with van der Waals surface area (Å²) < 4.78 is 0. The number of carbonyl (C=O) groups is 4. The molecule has 0 fully saturated rings. The van der Waals surface area contributed by atoms with Crippen molar-refractivity contribution >= 4 is 35.5 Å². The Morgan fingerprint density at radius 2 is 1.49 bits per heavy atom. The van der Waals surface area contributed by atoms with E-state index in [9.17, 15) is 29.4 Å². The van der Waals surface area contributed by atoms with E-state index in [0.717, 1.165) is 0 Å². The Morgan fingerprint density at radius 3 is 2.00 bits per heavy atom. The van der Waals surface area contributed by atoms with Crippen LogP contribution < -0.4 is 21.7 Å². The van der Waals surface area contributed by atoms with Crippen LogP contribution in [0.2, 0.25) is 0 Å². The number of carbonyl (C=O) groups excluding carboxylic acids is 3. The number of aromatic hydroxyl groups is 1. The van der Waals surface area contributed by atoms with Crippen LogP contribution in [0.3, 0.4) is 0 Å². The molecule has 0 heterocycles. The molecule has 3 amide bonds.